The van der Waals surface area contributed by atoms with Gasteiger partial charge in [-0.3, -0.25) is 0 Å². The highest BCUT2D eigenvalue weighted by Crippen LogP contribution is 2.13. The second-order valence-corrected chi connectivity index (χ2v) is 2.48. The molecule has 0 aliphatic heterocycles. The molecule has 0 bridgehead atoms. The summed E-state index contributed by atoms with van der Waals surface area (Å²) < 4.78 is 12.5. The van der Waals surface area contributed by atoms with E-state index >= 15 is 0 Å². The topological polar surface area (TPSA) is 20.2 Å². The average molecular weight is 166 g/mol. The minimum atomic E-state index is -0.257. The number of aliphatic hydroxyl groups is 1. The summed E-state index contributed by atoms with van der Waals surface area (Å²) in [5.41, 5.74) is 1.68. The van der Waals surface area contributed by atoms with Crippen molar-refractivity contribution in [3.05, 3.63) is 41.7 Å². The lowest BCUT2D eigenvalue weighted by Crippen LogP contribution is -1.89. The van der Waals surface area contributed by atoms with Crippen LogP contribution in [0.2, 0.25) is 0 Å². The first-order valence-electron chi connectivity index (χ1n) is 3.80. The molecule has 0 saturated carbocycles. The van der Waals surface area contributed by atoms with Crippen molar-refractivity contribution in [3.63, 3.8) is 0 Å². The van der Waals surface area contributed by atoms with Crippen molar-refractivity contribution in [2.24, 2.45) is 0 Å². The van der Waals surface area contributed by atoms with E-state index in [-0.39, 0.29) is 12.4 Å². The fourth-order valence-electron chi connectivity index (χ4n) is 1.01. The second-order valence-electron chi connectivity index (χ2n) is 2.48. The summed E-state index contributed by atoms with van der Waals surface area (Å²) in [4.78, 5) is 0. The van der Waals surface area contributed by atoms with E-state index in [1.54, 1.807) is 12.1 Å². The number of aliphatic hydroxyl groups excluding tert-OH is 1. The molecule has 2 heteroatoms. The highest BCUT2D eigenvalue weighted by molar-refractivity contribution is 5.65. The summed E-state index contributed by atoms with van der Waals surface area (Å²) in [5, 5.41) is 8.89. The van der Waals surface area contributed by atoms with E-state index in [2.05, 4.69) is 0 Å². The summed E-state index contributed by atoms with van der Waals surface area (Å²) in [6.45, 7) is 1.83. The minimum absolute atomic E-state index is 0.0118. The van der Waals surface area contributed by atoms with E-state index in [0.717, 1.165) is 11.1 Å². The molecule has 0 aromatic heterocycles. The monoisotopic (exact) mass is 166 g/mol. The molecule has 1 nitrogen and oxygen atoms in total. The van der Waals surface area contributed by atoms with Crippen LogP contribution in [0.25, 0.3) is 5.57 Å². The quantitative estimate of drug-likeness (QED) is 0.714. The fourth-order valence-corrected chi connectivity index (χ4v) is 1.01. The van der Waals surface area contributed by atoms with Gasteiger partial charge in [0.05, 0.1) is 6.61 Å². The van der Waals surface area contributed by atoms with Gasteiger partial charge in [0.25, 0.3) is 0 Å². The Morgan fingerprint density at radius 2 is 2.00 bits per heavy atom. The van der Waals surface area contributed by atoms with Gasteiger partial charge >= 0.3 is 0 Å². The molecule has 0 saturated heterocycles. The number of halogens is 1. The zero-order chi connectivity index (χ0) is 8.97. The van der Waals surface area contributed by atoms with Crippen LogP contribution >= 0.6 is 0 Å². The van der Waals surface area contributed by atoms with Crippen LogP contribution in [0.5, 0.6) is 0 Å². The third kappa shape index (κ3) is 1.92. The Balaban J connectivity index is 2.96. The lowest BCUT2D eigenvalue weighted by atomic mass is 10.1. The van der Waals surface area contributed by atoms with Crippen LogP contribution in [0, 0.1) is 5.82 Å². The Morgan fingerprint density at radius 3 is 2.42 bits per heavy atom. The maximum atomic E-state index is 12.5. The van der Waals surface area contributed by atoms with Gasteiger partial charge in [0.2, 0.25) is 0 Å². The van der Waals surface area contributed by atoms with Crippen LogP contribution in [0.15, 0.2) is 30.3 Å². The number of rotatable bonds is 2. The molecular formula is C10H11FO. The molecule has 1 aromatic carbocycles. The lowest BCUT2D eigenvalue weighted by Gasteiger charge is -2.02. The van der Waals surface area contributed by atoms with Crippen LogP contribution in [0.4, 0.5) is 4.39 Å². The fraction of sp³-hybridized carbons (Fsp3) is 0.200. The van der Waals surface area contributed by atoms with Gasteiger partial charge in [-0.05, 0) is 30.2 Å². The Morgan fingerprint density at radius 1 is 1.42 bits per heavy atom. The van der Waals surface area contributed by atoms with E-state index in [0.29, 0.717) is 0 Å². The van der Waals surface area contributed by atoms with Crippen LogP contribution in [-0.2, 0) is 0 Å². The molecular weight excluding hydrogens is 155 g/mol. The maximum Gasteiger partial charge on any atom is 0.123 e. The number of hydrogen-bond acceptors (Lipinski definition) is 1. The Labute approximate surface area is 71.2 Å². The molecule has 0 unspecified atom stereocenters. The molecule has 0 fully saturated rings. The predicted molar refractivity (Wildman–Crippen MR) is 47.1 cm³/mol. The molecule has 12 heavy (non-hydrogen) atoms. The van der Waals surface area contributed by atoms with Gasteiger partial charge in [0.1, 0.15) is 5.82 Å². The first-order valence-corrected chi connectivity index (χ1v) is 3.80. The average Bonchev–Trinajstić information content (AvgIpc) is 2.10. The third-order valence-corrected chi connectivity index (χ3v) is 1.73. The van der Waals surface area contributed by atoms with Crippen molar-refractivity contribution >= 4 is 5.57 Å². The predicted octanol–water partition coefficient (Wildman–Crippen LogP) is 2.22. The number of benzene rings is 1. The summed E-state index contributed by atoms with van der Waals surface area (Å²) in [7, 11) is 0. The van der Waals surface area contributed by atoms with Gasteiger partial charge in [0, 0.05) is 0 Å². The Kier molecular flexibility index (Phi) is 3.00. The first kappa shape index (κ1) is 8.94. The van der Waals surface area contributed by atoms with Gasteiger partial charge in [-0.1, -0.05) is 18.2 Å². The zero-order valence-electron chi connectivity index (χ0n) is 6.92. The van der Waals surface area contributed by atoms with Gasteiger partial charge in [-0.25, -0.2) is 4.39 Å². The van der Waals surface area contributed by atoms with Crippen LogP contribution in [-0.4, -0.2) is 11.7 Å². The van der Waals surface area contributed by atoms with Crippen molar-refractivity contribution in [3.8, 4) is 0 Å². The smallest absolute Gasteiger partial charge is 0.123 e. The lowest BCUT2D eigenvalue weighted by molar-refractivity contribution is 0.350. The van der Waals surface area contributed by atoms with E-state index in [4.69, 9.17) is 5.11 Å². The third-order valence-electron chi connectivity index (χ3n) is 1.73. The summed E-state index contributed by atoms with van der Waals surface area (Å²) in [6, 6.07) is 6.07. The first-order chi connectivity index (χ1) is 5.77. The normalized spacial score (nSPS) is 11.8. The van der Waals surface area contributed by atoms with Gasteiger partial charge < -0.3 is 5.11 Å². The van der Waals surface area contributed by atoms with E-state index < -0.39 is 0 Å². The van der Waals surface area contributed by atoms with Crippen LogP contribution in [0.1, 0.15) is 12.5 Å². The van der Waals surface area contributed by atoms with Crippen molar-refractivity contribution < 1.29 is 9.50 Å². The van der Waals surface area contributed by atoms with Crippen molar-refractivity contribution in [2.45, 2.75) is 6.92 Å². The highest BCUT2D eigenvalue weighted by atomic mass is 19.1. The van der Waals surface area contributed by atoms with Crippen molar-refractivity contribution in [1.82, 2.24) is 0 Å². The second kappa shape index (κ2) is 4.02. The number of hydrogen-bond donors (Lipinski definition) is 1. The molecule has 64 valence electrons. The SMILES string of the molecule is C/C=C(\CO)c1ccc(F)cc1. The Bertz CT molecular complexity index is 274. The molecule has 0 aliphatic carbocycles. The standard InChI is InChI=1S/C10H11FO/c1-2-8(7-12)9-3-5-10(11)6-4-9/h2-6,12H,7H2,1H3/b8-2+. The summed E-state index contributed by atoms with van der Waals surface area (Å²) in [5.74, 6) is -0.257. The van der Waals surface area contributed by atoms with Crippen LogP contribution in [0.3, 0.4) is 0 Å². The largest absolute Gasteiger partial charge is 0.392 e. The molecule has 0 radical (unpaired) electrons. The van der Waals surface area contributed by atoms with Gasteiger partial charge in [-0.15, -0.1) is 0 Å². The van der Waals surface area contributed by atoms with Gasteiger partial charge in [-0.2, -0.15) is 0 Å². The van der Waals surface area contributed by atoms with E-state index in [9.17, 15) is 4.39 Å². The van der Waals surface area contributed by atoms with Crippen molar-refractivity contribution in [2.75, 3.05) is 6.61 Å². The molecule has 0 atom stereocenters. The van der Waals surface area contributed by atoms with Crippen molar-refractivity contribution in [1.29, 1.82) is 0 Å². The maximum absolute atomic E-state index is 12.5. The molecule has 0 aliphatic rings. The zero-order valence-corrected chi connectivity index (χ0v) is 6.92. The molecule has 1 aromatic rings. The summed E-state index contributed by atoms with van der Waals surface area (Å²) in [6.07, 6.45) is 1.81. The number of allylic oxidation sites excluding steroid dienone is 1. The molecule has 0 spiro atoms. The highest BCUT2D eigenvalue weighted by Gasteiger charge is 1.97. The Hall–Kier alpha value is -1.15. The van der Waals surface area contributed by atoms with E-state index in [1.165, 1.54) is 12.1 Å². The molecule has 0 heterocycles. The molecule has 1 rings (SSSR count). The molecule has 1 N–H and O–H groups in total. The van der Waals surface area contributed by atoms with Crippen LogP contribution < -0.4 is 0 Å². The molecule has 0 amide bonds. The summed E-state index contributed by atoms with van der Waals surface area (Å²) >= 11 is 0. The van der Waals surface area contributed by atoms with Gasteiger partial charge in [0.15, 0.2) is 0 Å². The minimum Gasteiger partial charge on any atom is -0.392 e. The van der Waals surface area contributed by atoms with E-state index in [1.807, 2.05) is 13.0 Å².